The van der Waals surface area contributed by atoms with Gasteiger partial charge >= 0.3 is 5.97 Å². The predicted molar refractivity (Wildman–Crippen MR) is 143 cm³/mol. The molecule has 7 heteroatoms. The standard InChI is InChI=1S/C29H23Br2NO4/c1-16(2)15-36-27(35)17-11-13-18(14-12-17)32-25(33)23-24(26(32)34)29(31)20-8-4-3-7-19(20)28(23,30)21-9-5-6-10-22(21)29/h3-14,16,23-24H,15H2,1-2H3. The van der Waals surface area contributed by atoms with Crippen molar-refractivity contribution in [3.63, 3.8) is 0 Å². The summed E-state index contributed by atoms with van der Waals surface area (Å²) in [5.41, 5.74) is 4.80. The number of hydrogen-bond acceptors (Lipinski definition) is 4. The van der Waals surface area contributed by atoms with E-state index in [1.165, 1.54) is 4.90 Å². The minimum Gasteiger partial charge on any atom is -0.462 e. The van der Waals surface area contributed by atoms with E-state index < -0.39 is 26.5 Å². The largest absolute Gasteiger partial charge is 0.462 e. The van der Waals surface area contributed by atoms with Gasteiger partial charge in [-0.15, -0.1) is 0 Å². The fraction of sp³-hybridized carbons (Fsp3) is 0.276. The Kier molecular flexibility index (Phi) is 5.33. The van der Waals surface area contributed by atoms with Crippen LogP contribution in [-0.4, -0.2) is 24.4 Å². The summed E-state index contributed by atoms with van der Waals surface area (Å²) in [4.78, 5) is 41.8. The molecule has 0 aromatic heterocycles. The highest BCUT2D eigenvalue weighted by Crippen LogP contribution is 2.70. The lowest BCUT2D eigenvalue weighted by Crippen LogP contribution is -2.56. The maximum absolute atomic E-state index is 14.1. The lowest BCUT2D eigenvalue weighted by molar-refractivity contribution is -0.122. The quantitative estimate of drug-likeness (QED) is 0.210. The average molecular weight is 609 g/mol. The van der Waals surface area contributed by atoms with E-state index in [9.17, 15) is 14.4 Å². The molecule has 3 aliphatic carbocycles. The molecule has 2 unspecified atom stereocenters. The molecule has 182 valence electrons. The number of imide groups is 1. The number of carbonyl (C=O) groups excluding carboxylic acids is 3. The van der Waals surface area contributed by atoms with E-state index in [1.807, 2.05) is 62.4 Å². The average Bonchev–Trinajstić information content (AvgIpc) is 3.17. The second kappa shape index (κ2) is 8.12. The molecule has 0 saturated carbocycles. The molecular formula is C29H23Br2NO4. The maximum atomic E-state index is 14.1. The Morgan fingerprint density at radius 3 is 1.61 bits per heavy atom. The van der Waals surface area contributed by atoms with Crippen LogP contribution in [0.1, 0.15) is 46.5 Å². The van der Waals surface area contributed by atoms with Crippen LogP contribution in [0.2, 0.25) is 0 Å². The Labute approximate surface area is 226 Å². The molecule has 3 aromatic rings. The molecule has 2 atom stereocenters. The van der Waals surface area contributed by atoms with E-state index in [1.54, 1.807) is 24.3 Å². The molecule has 7 rings (SSSR count). The Bertz CT molecular complexity index is 1310. The van der Waals surface area contributed by atoms with Gasteiger partial charge in [-0.2, -0.15) is 0 Å². The molecule has 1 fully saturated rings. The Hall–Kier alpha value is -2.77. The van der Waals surface area contributed by atoms with Crippen LogP contribution in [0.15, 0.2) is 72.8 Å². The number of alkyl halides is 2. The lowest BCUT2D eigenvalue weighted by Gasteiger charge is -2.55. The molecule has 0 radical (unpaired) electrons. The molecule has 4 aliphatic rings. The van der Waals surface area contributed by atoms with Crippen molar-refractivity contribution in [1.82, 2.24) is 0 Å². The summed E-state index contributed by atoms with van der Waals surface area (Å²) in [6, 6.07) is 22.5. The van der Waals surface area contributed by atoms with Crippen molar-refractivity contribution in [2.45, 2.75) is 22.5 Å². The number of anilines is 1. The highest BCUT2D eigenvalue weighted by atomic mass is 79.9. The van der Waals surface area contributed by atoms with Gasteiger partial charge in [0.15, 0.2) is 0 Å². The molecule has 5 nitrogen and oxygen atoms in total. The molecule has 0 spiro atoms. The monoisotopic (exact) mass is 607 g/mol. The number of benzene rings is 3. The van der Waals surface area contributed by atoms with Gasteiger partial charge in [0.1, 0.15) is 0 Å². The molecule has 2 amide bonds. The smallest absolute Gasteiger partial charge is 0.338 e. The summed E-state index contributed by atoms with van der Waals surface area (Å²) in [7, 11) is 0. The zero-order valence-electron chi connectivity index (χ0n) is 19.7. The van der Waals surface area contributed by atoms with Crippen LogP contribution >= 0.6 is 31.9 Å². The van der Waals surface area contributed by atoms with Gasteiger partial charge in [-0.3, -0.25) is 9.59 Å². The third kappa shape index (κ3) is 2.96. The maximum Gasteiger partial charge on any atom is 0.338 e. The first kappa shape index (κ1) is 23.6. The van der Waals surface area contributed by atoms with Crippen LogP contribution < -0.4 is 4.90 Å². The topological polar surface area (TPSA) is 63.7 Å². The number of nitrogens with zero attached hydrogens (tertiary/aromatic N) is 1. The van der Waals surface area contributed by atoms with Crippen molar-refractivity contribution in [2.24, 2.45) is 17.8 Å². The first-order chi connectivity index (χ1) is 17.2. The number of rotatable bonds is 4. The summed E-state index contributed by atoms with van der Waals surface area (Å²) in [6.45, 7) is 4.27. The van der Waals surface area contributed by atoms with Crippen LogP contribution in [0.4, 0.5) is 5.69 Å². The highest BCUT2D eigenvalue weighted by Gasteiger charge is 2.72. The number of ether oxygens (including phenoxy) is 1. The van der Waals surface area contributed by atoms with Crippen LogP contribution in [0.5, 0.6) is 0 Å². The van der Waals surface area contributed by atoms with E-state index in [0.29, 0.717) is 17.9 Å². The molecule has 3 aromatic carbocycles. The number of hydrogen-bond donors (Lipinski definition) is 0. The first-order valence-corrected chi connectivity index (χ1v) is 13.5. The molecule has 36 heavy (non-hydrogen) atoms. The van der Waals surface area contributed by atoms with Crippen LogP contribution in [0, 0.1) is 17.8 Å². The van der Waals surface area contributed by atoms with Gasteiger partial charge in [-0.05, 0) is 52.4 Å². The van der Waals surface area contributed by atoms with Crippen molar-refractivity contribution in [2.75, 3.05) is 11.5 Å². The second-order valence-electron chi connectivity index (χ2n) is 10.0. The first-order valence-electron chi connectivity index (χ1n) is 11.9. The summed E-state index contributed by atoms with van der Waals surface area (Å²) in [5, 5.41) is 0. The lowest BCUT2D eigenvalue weighted by atomic mass is 9.54. The van der Waals surface area contributed by atoms with Crippen molar-refractivity contribution in [3.05, 3.63) is 101 Å². The fourth-order valence-electron chi connectivity index (χ4n) is 5.99. The van der Waals surface area contributed by atoms with Gasteiger partial charge in [0.25, 0.3) is 0 Å². The Morgan fingerprint density at radius 1 is 0.806 bits per heavy atom. The summed E-state index contributed by atoms with van der Waals surface area (Å²) in [5.74, 6) is -1.98. The van der Waals surface area contributed by atoms with Crippen molar-refractivity contribution >= 4 is 55.3 Å². The minimum absolute atomic E-state index is 0.230. The van der Waals surface area contributed by atoms with Crippen molar-refractivity contribution in [3.8, 4) is 0 Å². The summed E-state index contributed by atoms with van der Waals surface area (Å²) in [6.07, 6.45) is 0. The van der Waals surface area contributed by atoms with Crippen molar-refractivity contribution < 1.29 is 19.1 Å². The molecule has 2 bridgehead atoms. The van der Waals surface area contributed by atoms with Crippen molar-refractivity contribution in [1.29, 1.82) is 0 Å². The number of carbonyl (C=O) groups is 3. The third-order valence-electron chi connectivity index (χ3n) is 7.49. The second-order valence-corrected chi connectivity index (χ2v) is 12.5. The van der Waals surface area contributed by atoms with Gasteiger partial charge in [0.05, 0.1) is 38.3 Å². The molecule has 0 N–H and O–H groups in total. The van der Waals surface area contributed by atoms with Gasteiger partial charge in [-0.25, -0.2) is 9.69 Å². The van der Waals surface area contributed by atoms with Crippen LogP contribution in [0.25, 0.3) is 0 Å². The molecule has 1 saturated heterocycles. The minimum atomic E-state index is -0.831. The fourth-order valence-corrected chi connectivity index (χ4v) is 8.30. The zero-order chi connectivity index (χ0) is 25.4. The van der Waals surface area contributed by atoms with E-state index in [2.05, 4.69) is 31.9 Å². The van der Waals surface area contributed by atoms with Gasteiger partial charge in [-0.1, -0.05) is 94.2 Å². The predicted octanol–water partition coefficient (Wildman–Crippen LogP) is 5.91. The van der Waals surface area contributed by atoms with E-state index >= 15 is 0 Å². The van der Waals surface area contributed by atoms with E-state index in [0.717, 1.165) is 22.3 Å². The van der Waals surface area contributed by atoms with E-state index in [4.69, 9.17) is 4.74 Å². The SMILES string of the molecule is CC(C)COC(=O)c1ccc(N2C(=O)C3C(C2=O)C2(Br)c4ccccc4C3(Br)c3ccccc32)cc1. The summed E-state index contributed by atoms with van der Waals surface area (Å²) < 4.78 is 3.65. The van der Waals surface area contributed by atoms with E-state index in [-0.39, 0.29) is 17.7 Å². The van der Waals surface area contributed by atoms with Gasteiger partial charge < -0.3 is 4.74 Å². The Morgan fingerprint density at radius 2 is 1.22 bits per heavy atom. The third-order valence-corrected chi connectivity index (χ3v) is 10.2. The van der Waals surface area contributed by atoms with Crippen LogP contribution in [-0.2, 0) is 23.0 Å². The van der Waals surface area contributed by atoms with Gasteiger partial charge in [0.2, 0.25) is 11.8 Å². The highest BCUT2D eigenvalue weighted by molar-refractivity contribution is 9.10. The Balaban J connectivity index is 1.44. The number of halogens is 2. The molecule has 1 aliphatic heterocycles. The summed E-state index contributed by atoms with van der Waals surface area (Å²) >= 11 is 8.01. The van der Waals surface area contributed by atoms with Gasteiger partial charge in [0, 0.05) is 0 Å². The molecular weight excluding hydrogens is 586 g/mol. The number of amides is 2. The molecule has 1 heterocycles. The van der Waals surface area contributed by atoms with Crippen LogP contribution in [0.3, 0.4) is 0 Å². The zero-order valence-corrected chi connectivity index (χ0v) is 22.9. The number of esters is 1. The normalized spacial score (nSPS) is 27.6.